The first-order chi connectivity index (χ1) is 7.50. The van der Waals surface area contributed by atoms with Crippen molar-refractivity contribution in [2.24, 2.45) is 17.1 Å². The van der Waals surface area contributed by atoms with Gasteiger partial charge < -0.3 is 20.8 Å². The summed E-state index contributed by atoms with van der Waals surface area (Å²) in [5.41, 5.74) is 4.80. The molecule has 0 spiro atoms. The summed E-state index contributed by atoms with van der Waals surface area (Å²) in [7, 11) is 0. The fraction of sp³-hybridized carbons (Fsp3) is 0.909. The molecule has 5 heteroatoms. The number of primary amides is 1. The molecule has 16 heavy (non-hydrogen) atoms. The van der Waals surface area contributed by atoms with E-state index in [2.05, 4.69) is 4.90 Å². The SMILES string of the molecule is CC(CO)(CO)CN1CCC(C(N)=O)CC1. The minimum Gasteiger partial charge on any atom is -0.396 e. The van der Waals surface area contributed by atoms with Crippen LogP contribution in [0, 0.1) is 11.3 Å². The van der Waals surface area contributed by atoms with Gasteiger partial charge in [0, 0.05) is 17.9 Å². The number of amides is 1. The Morgan fingerprint density at radius 2 is 1.88 bits per heavy atom. The molecule has 0 bridgehead atoms. The number of carbonyl (C=O) groups is 1. The smallest absolute Gasteiger partial charge is 0.220 e. The Labute approximate surface area is 96.2 Å². The largest absolute Gasteiger partial charge is 0.396 e. The molecule has 94 valence electrons. The van der Waals surface area contributed by atoms with Crippen LogP contribution in [0.3, 0.4) is 0 Å². The predicted octanol–water partition coefficient (Wildman–Crippen LogP) is -0.825. The van der Waals surface area contributed by atoms with Crippen LogP contribution in [-0.2, 0) is 4.79 Å². The highest BCUT2D eigenvalue weighted by Gasteiger charge is 2.29. The molecule has 0 radical (unpaired) electrons. The highest BCUT2D eigenvalue weighted by Crippen LogP contribution is 2.22. The van der Waals surface area contributed by atoms with Crippen LogP contribution >= 0.6 is 0 Å². The summed E-state index contributed by atoms with van der Waals surface area (Å²) in [5, 5.41) is 18.4. The molecular formula is C11H22N2O3. The quantitative estimate of drug-likeness (QED) is 0.575. The Balaban J connectivity index is 2.40. The number of aliphatic hydroxyl groups is 2. The Kier molecular flexibility index (Phi) is 4.70. The van der Waals surface area contributed by atoms with Crippen molar-refractivity contribution in [2.75, 3.05) is 32.8 Å². The molecule has 0 unspecified atom stereocenters. The molecule has 1 heterocycles. The van der Waals surface area contributed by atoms with Crippen molar-refractivity contribution in [1.82, 2.24) is 4.90 Å². The molecule has 4 N–H and O–H groups in total. The molecule has 5 nitrogen and oxygen atoms in total. The van der Waals surface area contributed by atoms with Crippen molar-refractivity contribution < 1.29 is 15.0 Å². The highest BCUT2D eigenvalue weighted by atomic mass is 16.3. The molecule has 0 saturated carbocycles. The van der Waals surface area contributed by atoms with E-state index >= 15 is 0 Å². The van der Waals surface area contributed by atoms with E-state index in [4.69, 9.17) is 5.73 Å². The van der Waals surface area contributed by atoms with Gasteiger partial charge in [-0.15, -0.1) is 0 Å². The van der Waals surface area contributed by atoms with Crippen molar-refractivity contribution in [2.45, 2.75) is 19.8 Å². The zero-order chi connectivity index (χ0) is 12.2. The maximum absolute atomic E-state index is 11.0. The first-order valence-corrected chi connectivity index (χ1v) is 5.74. The molecule has 1 aliphatic heterocycles. The first kappa shape index (κ1) is 13.4. The molecule has 1 rings (SSSR count). The van der Waals surface area contributed by atoms with E-state index in [1.54, 1.807) is 0 Å². The average Bonchev–Trinajstić information content (AvgIpc) is 2.29. The molecule has 1 amide bonds. The van der Waals surface area contributed by atoms with E-state index in [9.17, 15) is 15.0 Å². The first-order valence-electron chi connectivity index (χ1n) is 5.74. The Morgan fingerprint density at radius 1 is 1.38 bits per heavy atom. The molecule has 0 aliphatic carbocycles. The number of nitrogens with zero attached hydrogens (tertiary/aromatic N) is 1. The second kappa shape index (κ2) is 5.61. The maximum atomic E-state index is 11.0. The second-order valence-electron chi connectivity index (χ2n) is 5.08. The topological polar surface area (TPSA) is 86.8 Å². The van der Waals surface area contributed by atoms with Gasteiger partial charge in [0.2, 0.25) is 5.91 Å². The number of likely N-dealkylation sites (tertiary alicyclic amines) is 1. The predicted molar refractivity (Wildman–Crippen MR) is 60.6 cm³/mol. The summed E-state index contributed by atoms with van der Waals surface area (Å²) < 4.78 is 0. The lowest BCUT2D eigenvalue weighted by molar-refractivity contribution is -0.123. The summed E-state index contributed by atoms with van der Waals surface area (Å²) in [5.74, 6) is -0.225. The van der Waals surface area contributed by atoms with Crippen molar-refractivity contribution in [3.8, 4) is 0 Å². The number of rotatable bonds is 5. The van der Waals surface area contributed by atoms with Crippen LogP contribution in [0.15, 0.2) is 0 Å². The van der Waals surface area contributed by atoms with Crippen molar-refractivity contribution in [3.63, 3.8) is 0 Å². The average molecular weight is 230 g/mol. The van der Waals surface area contributed by atoms with Crippen molar-refractivity contribution in [1.29, 1.82) is 0 Å². The summed E-state index contributed by atoms with van der Waals surface area (Å²) in [6.45, 7) is 4.07. The van der Waals surface area contributed by atoms with Crippen LogP contribution in [0.2, 0.25) is 0 Å². The van der Waals surface area contributed by atoms with Gasteiger partial charge in [0.25, 0.3) is 0 Å². The van der Waals surface area contributed by atoms with E-state index in [1.807, 2.05) is 6.92 Å². The van der Waals surface area contributed by atoms with E-state index in [0.29, 0.717) is 6.54 Å². The summed E-state index contributed by atoms with van der Waals surface area (Å²) >= 11 is 0. The number of piperidine rings is 1. The van der Waals surface area contributed by atoms with Gasteiger partial charge in [0.1, 0.15) is 0 Å². The van der Waals surface area contributed by atoms with Crippen LogP contribution in [0.5, 0.6) is 0 Å². The fourth-order valence-corrected chi connectivity index (χ4v) is 2.07. The van der Waals surface area contributed by atoms with Gasteiger partial charge >= 0.3 is 0 Å². The second-order valence-corrected chi connectivity index (χ2v) is 5.08. The van der Waals surface area contributed by atoms with Crippen LogP contribution < -0.4 is 5.73 Å². The van der Waals surface area contributed by atoms with E-state index < -0.39 is 5.41 Å². The number of carbonyl (C=O) groups excluding carboxylic acids is 1. The molecule has 1 aliphatic rings. The van der Waals surface area contributed by atoms with Gasteiger partial charge in [-0.05, 0) is 25.9 Å². The van der Waals surface area contributed by atoms with E-state index in [0.717, 1.165) is 25.9 Å². The van der Waals surface area contributed by atoms with Crippen LogP contribution in [0.1, 0.15) is 19.8 Å². The molecular weight excluding hydrogens is 208 g/mol. The normalized spacial score (nSPS) is 19.9. The fourth-order valence-electron chi connectivity index (χ4n) is 2.07. The standard InChI is InChI=1S/C11H22N2O3/c1-11(7-14,8-15)6-13-4-2-9(3-5-13)10(12)16/h9,14-15H,2-8H2,1H3,(H2,12,16). The van der Waals surface area contributed by atoms with Crippen LogP contribution in [-0.4, -0.2) is 53.9 Å². The molecule has 1 saturated heterocycles. The Bertz CT molecular complexity index is 233. The molecule has 0 atom stereocenters. The van der Waals surface area contributed by atoms with Gasteiger partial charge in [-0.25, -0.2) is 0 Å². The molecule has 0 aromatic carbocycles. The van der Waals surface area contributed by atoms with Gasteiger partial charge in [-0.1, -0.05) is 6.92 Å². The van der Waals surface area contributed by atoms with Gasteiger partial charge in [-0.3, -0.25) is 4.79 Å². The zero-order valence-corrected chi connectivity index (χ0v) is 9.85. The van der Waals surface area contributed by atoms with E-state index in [1.165, 1.54) is 0 Å². The van der Waals surface area contributed by atoms with Gasteiger partial charge in [0.05, 0.1) is 13.2 Å². The summed E-state index contributed by atoms with van der Waals surface area (Å²) in [6.07, 6.45) is 1.56. The van der Waals surface area contributed by atoms with Crippen molar-refractivity contribution in [3.05, 3.63) is 0 Å². The number of aliphatic hydroxyl groups excluding tert-OH is 2. The third-order valence-electron chi connectivity index (χ3n) is 3.36. The monoisotopic (exact) mass is 230 g/mol. The number of hydrogen-bond donors (Lipinski definition) is 3. The zero-order valence-electron chi connectivity index (χ0n) is 9.85. The maximum Gasteiger partial charge on any atom is 0.220 e. The Hall–Kier alpha value is -0.650. The molecule has 1 fully saturated rings. The summed E-state index contributed by atoms with van der Waals surface area (Å²) in [4.78, 5) is 13.2. The molecule has 0 aromatic rings. The molecule has 0 aromatic heterocycles. The summed E-state index contributed by atoms with van der Waals surface area (Å²) in [6, 6.07) is 0. The van der Waals surface area contributed by atoms with Gasteiger partial charge in [-0.2, -0.15) is 0 Å². The lowest BCUT2D eigenvalue weighted by atomic mass is 9.89. The Morgan fingerprint density at radius 3 is 2.25 bits per heavy atom. The number of nitrogens with two attached hydrogens (primary N) is 1. The van der Waals surface area contributed by atoms with Crippen LogP contribution in [0.4, 0.5) is 0 Å². The lowest BCUT2D eigenvalue weighted by Crippen LogP contribution is -2.45. The van der Waals surface area contributed by atoms with Crippen LogP contribution in [0.25, 0.3) is 0 Å². The van der Waals surface area contributed by atoms with E-state index in [-0.39, 0.29) is 25.0 Å². The lowest BCUT2D eigenvalue weighted by Gasteiger charge is -2.36. The number of hydrogen-bond acceptors (Lipinski definition) is 4. The highest BCUT2D eigenvalue weighted by molar-refractivity contribution is 5.76. The van der Waals surface area contributed by atoms with Crippen molar-refractivity contribution >= 4 is 5.91 Å². The van der Waals surface area contributed by atoms with Gasteiger partial charge in [0.15, 0.2) is 0 Å². The minimum atomic E-state index is -0.459. The third kappa shape index (κ3) is 3.43. The third-order valence-corrected chi connectivity index (χ3v) is 3.36. The minimum absolute atomic E-state index is 0.00856.